The van der Waals surface area contributed by atoms with Crippen molar-refractivity contribution >= 4 is 17.0 Å². The lowest BCUT2D eigenvalue weighted by molar-refractivity contribution is 0.0472. The zero-order valence-electron chi connectivity index (χ0n) is 11.2. The van der Waals surface area contributed by atoms with Gasteiger partial charge in [0, 0.05) is 5.56 Å². The van der Waals surface area contributed by atoms with E-state index in [1.807, 2.05) is 18.2 Å². The highest BCUT2D eigenvalue weighted by Gasteiger charge is 2.21. The summed E-state index contributed by atoms with van der Waals surface area (Å²) in [4.78, 5) is 16.8. The minimum absolute atomic E-state index is 0.364. The molecule has 2 rings (SSSR count). The number of nitrogens with one attached hydrogen (secondary N) is 1. The van der Waals surface area contributed by atoms with Crippen LogP contribution in [0.5, 0.6) is 0 Å². The van der Waals surface area contributed by atoms with E-state index in [-0.39, 0.29) is 5.91 Å². The molecule has 2 N–H and O–H groups in total. The Bertz CT molecular complexity index is 486. The van der Waals surface area contributed by atoms with Crippen LogP contribution in [-0.2, 0) is 15.9 Å². The summed E-state index contributed by atoms with van der Waals surface area (Å²) >= 11 is -2.08. The largest absolute Gasteiger partial charge is 0.304 e. The molecular formula is C14H19NO4S. The third kappa shape index (κ3) is 4.13. The number of rotatable bonds is 5. The van der Waals surface area contributed by atoms with Crippen molar-refractivity contribution in [2.45, 2.75) is 38.0 Å². The lowest BCUT2D eigenvalue weighted by Gasteiger charge is -2.23. The normalized spacial score (nSPS) is 17.6. The van der Waals surface area contributed by atoms with Crippen LogP contribution in [0, 0.1) is 0 Å². The van der Waals surface area contributed by atoms with E-state index in [9.17, 15) is 9.00 Å². The Morgan fingerprint density at radius 2 is 2.00 bits per heavy atom. The van der Waals surface area contributed by atoms with Crippen molar-refractivity contribution in [1.29, 1.82) is 0 Å². The van der Waals surface area contributed by atoms with Crippen molar-refractivity contribution in [3.63, 3.8) is 0 Å². The molecular weight excluding hydrogens is 278 g/mol. The molecule has 1 fully saturated rings. The van der Waals surface area contributed by atoms with E-state index in [2.05, 4.69) is 5.48 Å². The fraction of sp³-hybridized carbons (Fsp3) is 0.500. The number of carbonyl (C=O) groups excluding carboxylic acids is 1. The summed E-state index contributed by atoms with van der Waals surface area (Å²) in [7, 11) is 0. The van der Waals surface area contributed by atoms with Crippen molar-refractivity contribution in [2.75, 3.05) is 5.94 Å². The maximum absolute atomic E-state index is 12.1. The van der Waals surface area contributed by atoms with Gasteiger partial charge in [0.1, 0.15) is 0 Å². The molecule has 0 spiro atoms. The van der Waals surface area contributed by atoms with E-state index in [1.165, 1.54) is 19.3 Å². The van der Waals surface area contributed by atoms with Crippen LogP contribution < -0.4 is 5.48 Å². The van der Waals surface area contributed by atoms with Crippen molar-refractivity contribution in [1.82, 2.24) is 5.48 Å². The molecule has 1 aromatic rings. The van der Waals surface area contributed by atoms with Crippen LogP contribution in [0.2, 0.25) is 0 Å². The predicted molar refractivity (Wildman–Crippen MR) is 76.5 cm³/mol. The Labute approximate surface area is 121 Å². The molecule has 1 unspecified atom stereocenters. The van der Waals surface area contributed by atoms with E-state index in [0.29, 0.717) is 11.5 Å². The highest BCUT2D eigenvalue weighted by atomic mass is 32.2. The Balaban J connectivity index is 2.06. The second-order valence-corrected chi connectivity index (χ2v) is 5.82. The van der Waals surface area contributed by atoms with Gasteiger partial charge in [0.25, 0.3) is 5.91 Å². The van der Waals surface area contributed by atoms with Gasteiger partial charge in [-0.15, -0.1) is 0 Å². The Morgan fingerprint density at radius 3 is 2.70 bits per heavy atom. The quantitative estimate of drug-likeness (QED) is 0.647. The zero-order valence-corrected chi connectivity index (χ0v) is 12.0. The van der Waals surface area contributed by atoms with Gasteiger partial charge < -0.3 is 4.55 Å². The lowest BCUT2D eigenvalue weighted by Crippen LogP contribution is -2.27. The van der Waals surface area contributed by atoms with Crippen LogP contribution in [0.3, 0.4) is 0 Å². The van der Waals surface area contributed by atoms with Gasteiger partial charge >= 0.3 is 0 Å². The van der Waals surface area contributed by atoms with Gasteiger partial charge in [0.2, 0.25) is 0 Å². The van der Waals surface area contributed by atoms with Gasteiger partial charge in [-0.05, 0) is 30.4 Å². The number of carbonyl (C=O) groups is 1. The molecule has 0 saturated heterocycles. The number of hydroxylamine groups is 1. The summed E-state index contributed by atoms with van der Waals surface area (Å²) in [5.41, 5.74) is 3.84. The molecule has 0 aromatic heterocycles. The molecule has 1 aliphatic carbocycles. The van der Waals surface area contributed by atoms with Crippen molar-refractivity contribution in [3.8, 4) is 0 Å². The molecule has 1 aliphatic rings. The second-order valence-electron chi connectivity index (χ2n) is 4.94. The monoisotopic (exact) mass is 297 g/mol. The van der Waals surface area contributed by atoms with Crippen LogP contribution in [0.25, 0.3) is 0 Å². The molecule has 1 atom stereocenters. The lowest BCUT2D eigenvalue weighted by atomic mass is 9.82. The van der Waals surface area contributed by atoms with Crippen molar-refractivity contribution < 1.29 is 18.4 Å². The molecule has 0 bridgehead atoms. The summed E-state index contributed by atoms with van der Waals surface area (Å²) in [6.45, 7) is 0. The zero-order chi connectivity index (χ0) is 14.4. The summed E-state index contributed by atoms with van der Waals surface area (Å²) in [6, 6.07) is 7.49. The number of benzene rings is 1. The van der Waals surface area contributed by atoms with Crippen molar-refractivity contribution in [3.05, 3.63) is 35.4 Å². The first-order valence-electron chi connectivity index (χ1n) is 6.77. The Morgan fingerprint density at radius 1 is 1.30 bits per heavy atom. The first-order valence-corrected chi connectivity index (χ1v) is 8.04. The van der Waals surface area contributed by atoms with Gasteiger partial charge in [0.15, 0.2) is 17.0 Å². The SMILES string of the molecule is O=C(NOCS(=O)O)c1ccccc1C1CCCCC1. The summed E-state index contributed by atoms with van der Waals surface area (Å²) in [5, 5.41) is 0. The van der Waals surface area contributed by atoms with E-state index >= 15 is 0 Å². The van der Waals surface area contributed by atoms with Crippen LogP contribution in [-0.4, -0.2) is 20.6 Å². The fourth-order valence-corrected chi connectivity index (χ4v) is 2.83. The van der Waals surface area contributed by atoms with Gasteiger partial charge in [-0.3, -0.25) is 9.63 Å². The average molecular weight is 297 g/mol. The minimum Gasteiger partial charge on any atom is -0.304 e. The predicted octanol–water partition coefficient (Wildman–Crippen LogP) is 2.57. The van der Waals surface area contributed by atoms with E-state index in [0.717, 1.165) is 18.4 Å². The standard InChI is InChI=1S/C14H19NO4S/c16-14(15-19-10-20(17)18)13-9-5-4-8-12(13)11-6-2-1-3-7-11/h4-5,8-9,11H,1-3,6-7,10H2,(H,15,16)(H,17,18). The smallest absolute Gasteiger partial charge is 0.275 e. The molecule has 110 valence electrons. The van der Waals surface area contributed by atoms with Gasteiger partial charge in [-0.25, -0.2) is 9.69 Å². The van der Waals surface area contributed by atoms with E-state index in [4.69, 9.17) is 9.39 Å². The number of hydrogen-bond donors (Lipinski definition) is 2. The van der Waals surface area contributed by atoms with Gasteiger partial charge in [-0.1, -0.05) is 37.5 Å². The summed E-state index contributed by atoms with van der Waals surface area (Å²) in [5.74, 6) is -0.383. The number of amides is 1. The first-order chi connectivity index (χ1) is 9.68. The molecule has 20 heavy (non-hydrogen) atoms. The molecule has 1 saturated carbocycles. The second kappa shape index (κ2) is 7.52. The molecule has 5 nitrogen and oxygen atoms in total. The fourth-order valence-electron chi connectivity index (χ4n) is 2.67. The van der Waals surface area contributed by atoms with Gasteiger partial charge in [0.05, 0.1) is 0 Å². The molecule has 0 radical (unpaired) electrons. The molecule has 0 heterocycles. The maximum atomic E-state index is 12.1. The van der Waals surface area contributed by atoms with Crippen LogP contribution >= 0.6 is 0 Å². The Hall–Kier alpha value is -1.24. The number of hydrogen-bond acceptors (Lipinski definition) is 3. The van der Waals surface area contributed by atoms with Crippen LogP contribution in [0.1, 0.15) is 53.9 Å². The average Bonchev–Trinajstić information content (AvgIpc) is 2.47. The van der Waals surface area contributed by atoms with Crippen molar-refractivity contribution in [2.24, 2.45) is 0 Å². The molecule has 0 aliphatic heterocycles. The van der Waals surface area contributed by atoms with Crippen LogP contribution in [0.15, 0.2) is 24.3 Å². The molecule has 6 heteroatoms. The maximum Gasteiger partial charge on any atom is 0.275 e. The summed E-state index contributed by atoms with van der Waals surface area (Å²) in [6.07, 6.45) is 5.86. The Kier molecular flexibility index (Phi) is 5.70. The third-order valence-electron chi connectivity index (χ3n) is 3.58. The topological polar surface area (TPSA) is 75.6 Å². The highest BCUT2D eigenvalue weighted by Crippen LogP contribution is 2.34. The summed E-state index contributed by atoms with van der Waals surface area (Å²) < 4.78 is 19.1. The molecule has 1 aromatic carbocycles. The van der Waals surface area contributed by atoms with E-state index < -0.39 is 17.0 Å². The van der Waals surface area contributed by atoms with Crippen LogP contribution in [0.4, 0.5) is 0 Å². The van der Waals surface area contributed by atoms with E-state index in [1.54, 1.807) is 6.07 Å². The van der Waals surface area contributed by atoms with Gasteiger partial charge in [-0.2, -0.15) is 0 Å². The minimum atomic E-state index is -2.08. The highest BCUT2D eigenvalue weighted by molar-refractivity contribution is 7.79. The third-order valence-corrected chi connectivity index (χ3v) is 3.89. The molecule has 1 amide bonds. The first kappa shape index (κ1) is 15.2.